The van der Waals surface area contributed by atoms with Crippen molar-refractivity contribution in [2.24, 2.45) is 32.5 Å². The Morgan fingerprint density at radius 1 is 0.345 bits per heavy atom. The highest BCUT2D eigenvalue weighted by Gasteiger charge is 3.14. The molecule has 0 spiro atoms. The standard InChI is InChI=1S/C47H86P6Si2/c1-36(2,3)42-44(38(7,8)9)50-34(54(19,20)21)32(48(42)46(50,52(42)44)40(13,14)15)30-28-26-25-27-29-31-33-35(55(22,23)24)51-45(39(10,11)12)43(37(4,5)6)49(33)47(51,53(43)45)41(16,17)18/h25-31H2,1-24H3/t42-,43+,44+,45-,46?,47?,48-,49+,50-,51-,52?,53?/m0/s1. The number of allylic oxidation sites excluding steroid dienone is 2. The Kier molecular flexibility index (Phi) is 9.15. The predicted molar refractivity (Wildman–Crippen MR) is 268 cm³/mol. The van der Waals surface area contributed by atoms with E-state index in [-0.39, 0.29) is 47.5 Å². The van der Waals surface area contributed by atoms with Gasteiger partial charge in [-0.2, -0.15) is 0 Å². The van der Waals surface area contributed by atoms with E-state index in [1.165, 1.54) is 44.9 Å². The highest BCUT2D eigenvalue weighted by atomic mass is 31.3. The van der Waals surface area contributed by atoms with Crippen LogP contribution in [0.5, 0.6) is 0 Å². The normalized spacial score (nSPS) is 45.2. The predicted octanol–water partition coefficient (Wildman–Crippen LogP) is 19.3. The van der Waals surface area contributed by atoms with Gasteiger partial charge in [-0.1, -0.05) is 241 Å². The van der Waals surface area contributed by atoms with Gasteiger partial charge in [0.2, 0.25) is 0 Å². The summed E-state index contributed by atoms with van der Waals surface area (Å²) in [6, 6.07) is 0. The maximum Gasteiger partial charge on any atom is 0.0787 e. The van der Waals surface area contributed by atoms with Crippen LogP contribution in [-0.2, 0) is 0 Å². The maximum atomic E-state index is 2.76. The van der Waals surface area contributed by atoms with Crippen molar-refractivity contribution >= 4 is 63.7 Å². The zero-order chi connectivity index (χ0) is 41.7. The molecule has 0 amide bonds. The van der Waals surface area contributed by atoms with Gasteiger partial charge in [0, 0.05) is 28.9 Å². The minimum Gasteiger partial charge on any atom is -0.0656 e. The number of hydrogen-bond acceptors (Lipinski definition) is 0. The number of rotatable bonds is 10. The van der Waals surface area contributed by atoms with Gasteiger partial charge in [0.05, 0.1) is 16.1 Å². The lowest BCUT2D eigenvalue weighted by molar-refractivity contribution is 0.294. The molecule has 0 aromatic heterocycles. The third-order valence-corrected chi connectivity index (χ3v) is 62.9. The van der Waals surface area contributed by atoms with Crippen molar-refractivity contribution in [1.29, 1.82) is 0 Å². The van der Waals surface area contributed by atoms with Gasteiger partial charge in [-0.3, -0.25) is 0 Å². The smallest absolute Gasteiger partial charge is 0.0656 e. The number of fused-ring (bicyclic) bond motifs is 6. The zero-order valence-electron chi connectivity index (χ0n) is 40.6. The maximum absolute atomic E-state index is 2.76. The molecule has 0 aromatic carbocycles. The van der Waals surface area contributed by atoms with Crippen LogP contribution in [0.1, 0.15) is 170 Å². The average Bonchev–Trinajstić information content (AvgIpc) is 3.39. The second-order valence-electron chi connectivity index (χ2n) is 27.8. The zero-order valence-corrected chi connectivity index (χ0v) is 48.0. The summed E-state index contributed by atoms with van der Waals surface area (Å²) in [6.45, 7) is 65.0. The quantitative estimate of drug-likeness (QED) is 0.116. The lowest BCUT2D eigenvalue weighted by atomic mass is 9.80. The molecule has 8 aliphatic heterocycles. The molecule has 0 aliphatic carbocycles. The Balaban J connectivity index is 1.01. The molecule has 6 fully saturated rings. The molecule has 0 saturated carbocycles. The molecule has 8 aliphatic rings. The minimum atomic E-state index is -1.43. The third-order valence-electron chi connectivity index (χ3n) is 16.3. The molecular formula is C47H86P6Si2. The van der Waals surface area contributed by atoms with E-state index in [0.717, 1.165) is 0 Å². The van der Waals surface area contributed by atoms with Gasteiger partial charge >= 0.3 is 0 Å². The molecule has 0 bridgehead atoms. The first-order chi connectivity index (χ1) is 24.4. The molecule has 12 atom stereocenters. The van der Waals surface area contributed by atoms with E-state index in [2.05, 4.69) is 184 Å². The van der Waals surface area contributed by atoms with Gasteiger partial charge in [0.25, 0.3) is 0 Å². The molecule has 0 aromatic rings. The van der Waals surface area contributed by atoms with E-state index in [4.69, 9.17) is 0 Å². The second-order valence-corrected chi connectivity index (χ2v) is 57.6. The summed E-state index contributed by atoms with van der Waals surface area (Å²) in [6.07, 6.45) is 10.2. The van der Waals surface area contributed by atoms with E-state index >= 15 is 0 Å². The van der Waals surface area contributed by atoms with Crippen molar-refractivity contribution in [3.05, 3.63) is 20.5 Å². The van der Waals surface area contributed by atoms with Gasteiger partial charge in [-0.15, -0.1) is 0 Å². The summed E-state index contributed by atoms with van der Waals surface area (Å²) in [7, 11) is -2.76. The molecule has 0 radical (unpaired) electrons. The van der Waals surface area contributed by atoms with E-state index in [9.17, 15) is 0 Å². The van der Waals surface area contributed by atoms with Crippen LogP contribution < -0.4 is 0 Å². The van der Waals surface area contributed by atoms with E-state index < -0.39 is 16.1 Å². The first-order valence-electron chi connectivity index (χ1n) is 22.7. The summed E-state index contributed by atoms with van der Waals surface area (Å²) in [5, 5.41) is 4.30. The molecule has 55 heavy (non-hydrogen) atoms. The van der Waals surface area contributed by atoms with Crippen molar-refractivity contribution in [3.63, 3.8) is 0 Å². The summed E-state index contributed by atoms with van der Waals surface area (Å²) in [4.78, 5) is 7.10. The van der Waals surface area contributed by atoms with E-state index in [1.54, 1.807) is 0 Å². The Morgan fingerprint density at radius 3 is 0.800 bits per heavy atom. The van der Waals surface area contributed by atoms with Gasteiger partial charge in [-0.05, 0) is 68.8 Å². The first kappa shape index (κ1) is 44.1. The Hall–Kier alpha value is 2.49. The summed E-state index contributed by atoms with van der Waals surface area (Å²) >= 11 is 0. The highest BCUT2D eigenvalue weighted by Crippen LogP contribution is 3.39. The largest absolute Gasteiger partial charge is 0.0787 e. The van der Waals surface area contributed by atoms with Crippen LogP contribution in [0.4, 0.5) is 0 Å². The lowest BCUT2D eigenvalue weighted by Gasteiger charge is -2.66. The average molecular weight is 893 g/mol. The van der Waals surface area contributed by atoms with Gasteiger partial charge in [0.1, 0.15) is 0 Å². The van der Waals surface area contributed by atoms with E-state index in [1.807, 2.05) is 0 Å². The van der Waals surface area contributed by atoms with E-state index in [0.29, 0.717) is 61.4 Å². The van der Waals surface area contributed by atoms with Crippen LogP contribution in [0.15, 0.2) is 20.5 Å². The van der Waals surface area contributed by atoms with Gasteiger partial charge < -0.3 is 0 Å². The Morgan fingerprint density at radius 2 is 0.582 bits per heavy atom. The fraction of sp³-hybridized carbons (Fsp3) is 0.915. The fourth-order valence-electron chi connectivity index (χ4n) is 15.7. The first-order valence-corrected chi connectivity index (χ1v) is 37.8. The molecule has 0 N–H and O–H groups in total. The summed E-state index contributed by atoms with van der Waals surface area (Å²) in [5.74, 6) is 0. The third kappa shape index (κ3) is 4.17. The fourth-order valence-corrected chi connectivity index (χ4v) is 81.1. The molecular weight excluding hydrogens is 807 g/mol. The Labute approximate surface area is 352 Å². The number of unbranched alkanes of at least 4 members (excludes halogenated alkanes) is 4. The number of hydrogen-bond donors (Lipinski definition) is 0. The van der Waals surface area contributed by atoms with Crippen molar-refractivity contribution in [2.45, 2.75) is 238 Å². The highest BCUT2D eigenvalue weighted by molar-refractivity contribution is 8.29. The van der Waals surface area contributed by atoms with Crippen molar-refractivity contribution < 1.29 is 0 Å². The molecule has 0 nitrogen and oxygen atoms in total. The van der Waals surface area contributed by atoms with Crippen molar-refractivity contribution in [3.8, 4) is 0 Å². The molecule has 8 rings (SSSR count). The van der Waals surface area contributed by atoms with Gasteiger partial charge in [-0.25, -0.2) is 0 Å². The lowest BCUT2D eigenvalue weighted by Crippen LogP contribution is -2.47. The molecule has 312 valence electrons. The summed E-state index contributed by atoms with van der Waals surface area (Å²) in [5.41, 5.74) is 2.70. The van der Waals surface area contributed by atoms with Crippen LogP contribution in [0, 0.1) is 32.5 Å². The van der Waals surface area contributed by atoms with Crippen LogP contribution >= 0.6 is 47.5 Å². The van der Waals surface area contributed by atoms with Crippen molar-refractivity contribution in [2.75, 3.05) is 0 Å². The van der Waals surface area contributed by atoms with Crippen LogP contribution in [-0.4, -0.2) is 45.0 Å². The summed E-state index contributed by atoms with van der Waals surface area (Å²) < 4.78 is 1.43. The van der Waals surface area contributed by atoms with Gasteiger partial charge in [0.15, 0.2) is 0 Å². The van der Waals surface area contributed by atoms with Crippen molar-refractivity contribution in [1.82, 2.24) is 0 Å². The topological polar surface area (TPSA) is 0 Å². The Bertz CT molecular complexity index is 1660. The van der Waals surface area contributed by atoms with Crippen LogP contribution in [0.2, 0.25) is 39.3 Å². The molecule has 8 heterocycles. The SMILES string of the molecule is CC(C)(C)C12P3[C@@]4(C(C)(C)C)[P@]1C([Si](C)(C)C)=C(CCCCCCCC1=C([Si](C)(C)C)[P@]5C6(C(C)(C)C)P7[C@@](C(C)(C)C)([P@@]16)[C@]75C(C)(C)C)[P@@]2[C@@]34C(C)(C)C. The second kappa shape index (κ2) is 11.4. The molecule has 4 unspecified atom stereocenters. The van der Waals surface area contributed by atoms with Crippen LogP contribution in [0.3, 0.4) is 0 Å². The molecule has 6 saturated heterocycles. The van der Waals surface area contributed by atoms with Crippen LogP contribution in [0.25, 0.3) is 0 Å². The molecule has 8 heteroatoms. The monoisotopic (exact) mass is 892 g/mol. The minimum absolute atomic E-state index is 0.0297.